The van der Waals surface area contributed by atoms with E-state index < -0.39 is 0 Å². The highest BCUT2D eigenvalue weighted by Gasteiger charge is 2.22. The minimum atomic E-state index is 1.10. The molecule has 0 aliphatic rings. The van der Waals surface area contributed by atoms with Gasteiger partial charge in [0.1, 0.15) is 0 Å². The molecule has 0 bridgehead atoms. The maximum Gasteiger partial charge on any atom is 0.0546 e. The molecule has 0 heterocycles. The summed E-state index contributed by atoms with van der Waals surface area (Å²) in [6.45, 7) is 0. The second-order valence-electron chi connectivity index (χ2n) is 13.7. The first-order valence-corrected chi connectivity index (χ1v) is 17.9. The molecule has 2 heteroatoms. The number of rotatable bonds is 6. The molecule has 0 aliphatic heterocycles. The van der Waals surface area contributed by atoms with Crippen molar-refractivity contribution in [2.24, 2.45) is 0 Å². The quantitative estimate of drug-likeness (QED) is 0.164. The fourth-order valence-corrected chi connectivity index (χ4v) is 8.61. The van der Waals surface area contributed by atoms with Crippen molar-refractivity contribution >= 4 is 98.8 Å². The Morgan fingerprint density at radius 1 is 0.231 bits per heavy atom. The van der Waals surface area contributed by atoms with Gasteiger partial charge < -0.3 is 9.80 Å². The first-order chi connectivity index (χ1) is 25.8. The van der Waals surface area contributed by atoms with Gasteiger partial charge in [0.15, 0.2) is 0 Å². The van der Waals surface area contributed by atoms with Crippen molar-refractivity contribution in [3.05, 3.63) is 194 Å². The summed E-state index contributed by atoms with van der Waals surface area (Å²) in [7, 11) is 0. The standard InChI is InChI=1S/C50H32N2/c1-3-17-39(18-4-1)51(45-31-37-15-7-11-33-23-25-35-13-9-21-43(45)49(35)47(33)37)41-27-29-42(30-28-41)52(40-19-5-2-6-20-40)46-32-38-16-8-12-34-24-26-36-14-10-22-44(46)50(36)48(34)38/h1-32H. The van der Waals surface area contributed by atoms with Crippen LogP contribution in [0.2, 0.25) is 0 Å². The van der Waals surface area contributed by atoms with E-state index >= 15 is 0 Å². The Balaban J connectivity index is 1.13. The largest absolute Gasteiger partial charge is 0.310 e. The monoisotopic (exact) mass is 660 g/mol. The second kappa shape index (κ2) is 11.3. The van der Waals surface area contributed by atoms with Gasteiger partial charge in [-0.3, -0.25) is 0 Å². The Morgan fingerprint density at radius 3 is 0.962 bits per heavy atom. The number of nitrogens with zero attached hydrogens (tertiary/aromatic N) is 2. The molecular formula is C50H32N2. The highest BCUT2D eigenvalue weighted by Crippen LogP contribution is 2.47. The SMILES string of the molecule is c1ccc(N(c2ccc(N(c3ccccc3)c3cc4cccc5ccc6cccc3c6c54)cc2)c2cc3cccc4ccc5cccc2c5c43)cc1. The summed E-state index contributed by atoms with van der Waals surface area (Å²) in [5.74, 6) is 0. The van der Waals surface area contributed by atoms with Crippen molar-refractivity contribution in [2.75, 3.05) is 9.80 Å². The van der Waals surface area contributed by atoms with E-state index in [2.05, 4.69) is 204 Å². The fraction of sp³-hybridized carbons (Fsp3) is 0. The predicted molar refractivity (Wildman–Crippen MR) is 223 cm³/mol. The average Bonchev–Trinajstić information content (AvgIpc) is 3.21. The summed E-state index contributed by atoms with van der Waals surface area (Å²) < 4.78 is 0. The number of hydrogen-bond donors (Lipinski definition) is 0. The molecular weight excluding hydrogens is 629 g/mol. The van der Waals surface area contributed by atoms with E-state index in [-0.39, 0.29) is 0 Å². The minimum Gasteiger partial charge on any atom is -0.310 e. The zero-order valence-electron chi connectivity index (χ0n) is 28.4. The molecule has 0 aliphatic carbocycles. The van der Waals surface area contributed by atoms with Crippen LogP contribution in [0.3, 0.4) is 0 Å². The number of para-hydroxylation sites is 2. The van der Waals surface area contributed by atoms with Crippen LogP contribution in [0, 0.1) is 0 Å². The van der Waals surface area contributed by atoms with Crippen LogP contribution in [0.1, 0.15) is 0 Å². The van der Waals surface area contributed by atoms with E-state index in [0.29, 0.717) is 0 Å². The topological polar surface area (TPSA) is 6.48 Å². The van der Waals surface area contributed by atoms with Gasteiger partial charge in [-0.2, -0.15) is 0 Å². The normalized spacial score (nSPS) is 11.8. The molecule has 0 unspecified atom stereocenters. The third kappa shape index (κ3) is 4.31. The first-order valence-electron chi connectivity index (χ1n) is 17.9. The van der Waals surface area contributed by atoms with Gasteiger partial charge in [-0.05, 0) is 115 Å². The van der Waals surface area contributed by atoms with E-state index in [1.807, 2.05) is 0 Å². The van der Waals surface area contributed by atoms with Gasteiger partial charge in [-0.15, -0.1) is 0 Å². The van der Waals surface area contributed by atoms with Gasteiger partial charge >= 0.3 is 0 Å². The van der Waals surface area contributed by atoms with Crippen molar-refractivity contribution in [2.45, 2.75) is 0 Å². The molecule has 0 aromatic heterocycles. The third-order valence-electron chi connectivity index (χ3n) is 10.8. The molecule has 0 spiro atoms. The molecule has 2 nitrogen and oxygen atoms in total. The molecule has 52 heavy (non-hydrogen) atoms. The van der Waals surface area contributed by atoms with E-state index in [9.17, 15) is 0 Å². The molecule has 11 aromatic carbocycles. The Hall–Kier alpha value is -6.90. The van der Waals surface area contributed by atoms with Crippen LogP contribution in [0.25, 0.3) is 64.6 Å². The summed E-state index contributed by atoms with van der Waals surface area (Å²) in [6.07, 6.45) is 0. The van der Waals surface area contributed by atoms with Crippen LogP contribution in [0.15, 0.2) is 194 Å². The number of hydrogen-bond acceptors (Lipinski definition) is 2. The van der Waals surface area contributed by atoms with E-state index in [1.165, 1.54) is 76.0 Å². The van der Waals surface area contributed by atoms with Crippen molar-refractivity contribution in [1.82, 2.24) is 0 Å². The van der Waals surface area contributed by atoms with Gasteiger partial charge in [-0.25, -0.2) is 0 Å². The molecule has 0 saturated carbocycles. The lowest BCUT2D eigenvalue weighted by molar-refractivity contribution is 1.27. The van der Waals surface area contributed by atoms with Crippen molar-refractivity contribution in [1.29, 1.82) is 0 Å². The minimum absolute atomic E-state index is 1.10. The van der Waals surface area contributed by atoms with Crippen LogP contribution in [-0.2, 0) is 0 Å². The zero-order valence-corrected chi connectivity index (χ0v) is 28.4. The molecule has 11 aromatic rings. The van der Waals surface area contributed by atoms with Crippen molar-refractivity contribution in [3.63, 3.8) is 0 Å². The molecule has 0 saturated heterocycles. The highest BCUT2D eigenvalue weighted by atomic mass is 15.2. The lowest BCUT2D eigenvalue weighted by Crippen LogP contribution is -2.13. The van der Waals surface area contributed by atoms with Crippen LogP contribution in [-0.4, -0.2) is 0 Å². The summed E-state index contributed by atoms with van der Waals surface area (Å²) in [4.78, 5) is 4.83. The zero-order chi connectivity index (χ0) is 34.2. The molecule has 242 valence electrons. The van der Waals surface area contributed by atoms with Crippen LogP contribution in [0.4, 0.5) is 34.1 Å². The van der Waals surface area contributed by atoms with Crippen molar-refractivity contribution in [3.8, 4) is 0 Å². The van der Waals surface area contributed by atoms with E-state index in [0.717, 1.165) is 22.7 Å². The lowest BCUT2D eigenvalue weighted by atomic mass is 9.92. The predicted octanol–water partition coefficient (Wildman–Crippen LogP) is 14.4. The molecule has 0 fully saturated rings. The maximum absolute atomic E-state index is 2.41. The van der Waals surface area contributed by atoms with Gasteiger partial charge in [-0.1, -0.05) is 133 Å². The maximum atomic E-state index is 2.41. The highest BCUT2D eigenvalue weighted by molar-refractivity contribution is 6.28. The van der Waals surface area contributed by atoms with Crippen LogP contribution in [0.5, 0.6) is 0 Å². The van der Waals surface area contributed by atoms with Gasteiger partial charge in [0.05, 0.1) is 11.4 Å². The van der Waals surface area contributed by atoms with Crippen LogP contribution < -0.4 is 9.80 Å². The van der Waals surface area contributed by atoms with Gasteiger partial charge in [0, 0.05) is 33.5 Å². The molecule has 0 atom stereocenters. The number of anilines is 6. The summed E-state index contributed by atoms with van der Waals surface area (Å²) >= 11 is 0. The van der Waals surface area contributed by atoms with Gasteiger partial charge in [0.25, 0.3) is 0 Å². The average molecular weight is 661 g/mol. The summed E-state index contributed by atoms with van der Waals surface area (Å²) in [6, 6.07) is 71.0. The number of benzene rings is 11. The smallest absolute Gasteiger partial charge is 0.0546 e. The fourth-order valence-electron chi connectivity index (χ4n) is 8.61. The first kappa shape index (κ1) is 28.9. The molecule has 0 radical (unpaired) electrons. The van der Waals surface area contributed by atoms with Crippen LogP contribution >= 0.6 is 0 Å². The molecule has 0 amide bonds. The third-order valence-corrected chi connectivity index (χ3v) is 10.8. The second-order valence-corrected chi connectivity index (χ2v) is 13.7. The Labute approximate surface area is 301 Å². The Morgan fingerprint density at radius 2 is 0.558 bits per heavy atom. The van der Waals surface area contributed by atoms with Gasteiger partial charge in [0.2, 0.25) is 0 Å². The molecule has 0 N–H and O–H groups in total. The van der Waals surface area contributed by atoms with Crippen molar-refractivity contribution < 1.29 is 0 Å². The van der Waals surface area contributed by atoms with E-state index in [4.69, 9.17) is 0 Å². The summed E-state index contributed by atoms with van der Waals surface area (Å²) in [5, 5.41) is 15.3. The molecule has 11 rings (SSSR count). The lowest BCUT2D eigenvalue weighted by Gasteiger charge is -2.30. The Kier molecular flexibility index (Phi) is 6.28. The Bertz CT molecular complexity index is 2850. The summed E-state index contributed by atoms with van der Waals surface area (Å²) in [5.41, 5.74) is 6.79. The van der Waals surface area contributed by atoms with E-state index in [1.54, 1.807) is 0 Å².